The molecule has 0 aromatic rings. The zero-order valence-electron chi connectivity index (χ0n) is 10.7. The molecule has 7 nitrogen and oxygen atoms in total. The molecular weight excluding hydrogens is 254 g/mol. The second-order valence-corrected chi connectivity index (χ2v) is 4.62. The molecule has 1 saturated heterocycles. The summed E-state index contributed by atoms with van der Waals surface area (Å²) in [4.78, 5) is 11.1. The second-order valence-electron chi connectivity index (χ2n) is 4.62. The fourth-order valence-electron chi connectivity index (χ4n) is 1.85. The monoisotopic (exact) mass is 279 g/mol. The zero-order chi connectivity index (χ0) is 13.9. The fourth-order valence-corrected chi connectivity index (χ4v) is 1.85. The molecule has 1 heterocycles. The van der Waals surface area contributed by atoms with Crippen molar-refractivity contribution in [3.63, 3.8) is 0 Å². The highest BCUT2D eigenvalue weighted by Crippen LogP contribution is 2.22. The van der Waals surface area contributed by atoms with Crippen molar-refractivity contribution in [2.45, 2.75) is 64.9 Å². The van der Waals surface area contributed by atoms with Gasteiger partial charge in [-0.2, -0.15) is 0 Å². The van der Waals surface area contributed by atoms with Gasteiger partial charge in [0.05, 0.1) is 12.7 Å². The molecular formula is C12H25NO6. The molecule has 1 aliphatic rings. The number of rotatable bonds is 4. The van der Waals surface area contributed by atoms with Gasteiger partial charge in [-0.1, -0.05) is 7.43 Å². The summed E-state index contributed by atoms with van der Waals surface area (Å²) in [6, 6.07) is -0.873. The van der Waals surface area contributed by atoms with Gasteiger partial charge in [0.25, 0.3) is 0 Å². The lowest BCUT2D eigenvalue weighted by molar-refractivity contribution is -0.278. The van der Waals surface area contributed by atoms with Crippen molar-refractivity contribution in [2.24, 2.45) is 0 Å². The van der Waals surface area contributed by atoms with Gasteiger partial charge >= 0.3 is 0 Å². The summed E-state index contributed by atoms with van der Waals surface area (Å²) < 4.78 is 10.8. The van der Waals surface area contributed by atoms with E-state index in [1.165, 1.54) is 6.92 Å². The molecule has 1 rings (SSSR count). The summed E-state index contributed by atoms with van der Waals surface area (Å²) in [5, 5.41) is 31.2. The number of hydrogen-bond donors (Lipinski definition) is 4. The van der Waals surface area contributed by atoms with E-state index in [0.717, 1.165) is 0 Å². The van der Waals surface area contributed by atoms with E-state index >= 15 is 0 Å². The first-order chi connectivity index (χ1) is 8.36. The Bertz CT molecular complexity index is 285. The molecule has 0 aliphatic carbocycles. The van der Waals surface area contributed by atoms with Crippen LogP contribution < -0.4 is 5.32 Å². The minimum atomic E-state index is -1.28. The molecule has 5 atom stereocenters. The molecule has 0 saturated carbocycles. The van der Waals surface area contributed by atoms with Crippen LogP contribution in [0.15, 0.2) is 0 Å². The van der Waals surface area contributed by atoms with Crippen LogP contribution in [0.2, 0.25) is 0 Å². The number of nitrogens with one attached hydrogen (secondary N) is 1. The summed E-state index contributed by atoms with van der Waals surface area (Å²) in [5.41, 5.74) is 0. The van der Waals surface area contributed by atoms with Crippen LogP contribution >= 0.6 is 0 Å². The van der Waals surface area contributed by atoms with E-state index in [9.17, 15) is 15.0 Å². The minimum Gasteiger partial charge on any atom is -0.394 e. The Morgan fingerprint density at radius 1 is 1.37 bits per heavy atom. The van der Waals surface area contributed by atoms with Crippen molar-refractivity contribution in [1.29, 1.82) is 0 Å². The molecule has 5 unspecified atom stereocenters. The zero-order valence-corrected chi connectivity index (χ0v) is 10.7. The van der Waals surface area contributed by atoms with Crippen LogP contribution in [0, 0.1) is 0 Å². The molecule has 1 fully saturated rings. The predicted molar refractivity (Wildman–Crippen MR) is 68.3 cm³/mol. The van der Waals surface area contributed by atoms with Crippen LogP contribution in [-0.4, -0.2) is 64.6 Å². The van der Waals surface area contributed by atoms with Crippen molar-refractivity contribution in [2.75, 3.05) is 6.61 Å². The standard InChI is InChI=1S/C11H21NO6.CH4/c1-5(2)17-11-8(12-6(3)14)10(16)9(15)7(4-13)18-11;/h5,7-11,13,15-16H,4H2,1-3H3,(H,12,14);1H4. The number of aliphatic hydroxyl groups excluding tert-OH is 3. The van der Waals surface area contributed by atoms with Gasteiger partial charge in [0.1, 0.15) is 24.4 Å². The lowest BCUT2D eigenvalue weighted by Crippen LogP contribution is -2.64. The lowest BCUT2D eigenvalue weighted by atomic mass is 9.97. The Morgan fingerprint density at radius 2 is 1.95 bits per heavy atom. The topological polar surface area (TPSA) is 108 Å². The van der Waals surface area contributed by atoms with Crippen LogP contribution in [0.1, 0.15) is 28.2 Å². The summed E-state index contributed by atoms with van der Waals surface area (Å²) >= 11 is 0. The number of hydrogen-bond acceptors (Lipinski definition) is 6. The SMILES string of the molecule is C.CC(=O)NC1C(OC(C)C)OC(CO)C(O)C1O. The smallest absolute Gasteiger partial charge is 0.217 e. The first kappa shape index (κ1) is 18.3. The third kappa shape index (κ3) is 4.70. The normalized spacial score (nSPS) is 34.8. The average molecular weight is 279 g/mol. The van der Waals surface area contributed by atoms with Gasteiger partial charge in [-0.3, -0.25) is 4.79 Å². The molecule has 7 heteroatoms. The van der Waals surface area contributed by atoms with Crippen molar-refractivity contribution >= 4 is 5.91 Å². The molecule has 4 N–H and O–H groups in total. The molecule has 0 radical (unpaired) electrons. The maximum Gasteiger partial charge on any atom is 0.217 e. The molecule has 0 aromatic carbocycles. The van der Waals surface area contributed by atoms with Gasteiger partial charge in [-0.05, 0) is 13.8 Å². The summed E-state index contributed by atoms with van der Waals surface area (Å²) in [5.74, 6) is -0.366. The number of ether oxygens (including phenoxy) is 2. The third-order valence-electron chi connectivity index (χ3n) is 2.66. The van der Waals surface area contributed by atoms with E-state index in [2.05, 4.69) is 5.32 Å². The van der Waals surface area contributed by atoms with Gasteiger partial charge in [0, 0.05) is 6.92 Å². The van der Waals surface area contributed by atoms with Crippen LogP contribution in [0.25, 0.3) is 0 Å². The van der Waals surface area contributed by atoms with Crippen molar-refractivity contribution in [3.8, 4) is 0 Å². The Morgan fingerprint density at radius 3 is 2.37 bits per heavy atom. The Kier molecular flexibility index (Phi) is 7.46. The Hall–Kier alpha value is -0.730. The average Bonchev–Trinajstić information content (AvgIpc) is 2.27. The number of amides is 1. The predicted octanol–water partition coefficient (Wildman–Crippen LogP) is -1.01. The van der Waals surface area contributed by atoms with Crippen molar-refractivity contribution < 1.29 is 29.6 Å². The first-order valence-electron chi connectivity index (χ1n) is 5.91. The first-order valence-corrected chi connectivity index (χ1v) is 5.91. The maximum absolute atomic E-state index is 11.1. The van der Waals surface area contributed by atoms with E-state index in [1.807, 2.05) is 0 Å². The van der Waals surface area contributed by atoms with Gasteiger partial charge < -0.3 is 30.1 Å². The van der Waals surface area contributed by atoms with Crippen LogP contribution in [0.3, 0.4) is 0 Å². The number of carbonyl (C=O) groups is 1. The van der Waals surface area contributed by atoms with Gasteiger partial charge in [0.2, 0.25) is 5.91 Å². The highest BCUT2D eigenvalue weighted by Gasteiger charge is 2.45. The molecule has 0 bridgehead atoms. The van der Waals surface area contributed by atoms with Gasteiger partial charge in [-0.25, -0.2) is 0 Å². The van der Waals surface area contributed by atoms with E-state index in [-0.39, 0.29) is 19.4 Å². The number of carbonyl (C=O) groups excluding carboxylic acids is 1. The van der Waals surface area contributed by atoms with Crippen LogP contribution in [-0.2, 0) is 14.3 Å². The van der Waals surface area contributed by atoms with E-state index in [1.54, 1.807) is 13.8 Å². The molecule has 114 valence electrons. The second kappa shape index (κ2) is 7.76. The Labute approximate surface area is 113 Å². The summed E-state index contributed by atoms with van der Waals surface area (Å²) in [6.45, 7) is 4.41. The Balaban J connectivity index is 0.00000324. The third-order valence-corrected chi connectivity index (χ3v) is 2.66. The van der Waals surface area contributed by atoms with Gasteiger partial charge in [-0.15, -0.1) is 0 Å². The van der Waals surface area contributed by atoms with E-state index in [4.69, 9.17) is 14.6 Å². The molecule has 19 heavy (non-hydrogen) atoms. The number of aliphatic hydroxyl groups is 3. The van der Waals surface area contributed by atoms with E-state index in [0.29, 0.717) is 0 Å². The lowest BCUT2D eigenvalue weighted by Gasteiger charge is -2.42. The van der Waals surface area contributed by atoms with Crippen LogP contribution in [0.5, 0.6) is 0 Å². The van der Waals surface area contributed by atoms with Crippen molar-refractivity contribution in [3.05, 3.63) is 0 Å². The van der Waals surface area contributed by atoms with E-state index < -0.39 is 37.3 Å². The summed E-state index contributed by atoms with van der Waals surface area (Å²) in [7, 11) is 0. The quantitative estimate of drug-likeness (QED) is 0.525. The minimum absolute atomic E-state index is 0. The molecule has 0 spiro atoms. The summed E-state index contributed by atoms with van der Waals surface area (Å²) in [6.07, 6.45) is -4.58. The molecule has 0 aromatic heterocycles. The van der Waals surface area contributed by atoms with Crippen molar-refractivity contribution in [1.82, 2.24) is 5.32 Å². The molecule has 1 amide bonds. The fraction of sp³-hybridized carbons (Fsp3) is 0.917. The molecule has 1 aliphatic heterocycles. The van der Waals surface area contributed by atoms with Gasteiger partial charge in [0.15, 0.2) is 6.29 Å². The highest BCUT2D eigenvalue weighted by molar-refractivity contribution is 5.73. The van der Waals surface area contributed by atoms with Crippen LogP contribution in [0.4, 0.5) is 0 Å². The highest BCUT2D eigenvalue weighted by atomic mass is 16.7. The maximum atomic E-state index is 11.1. The largest absolute Gasteiger partial charge is 0.394 e.